The Kier molecular flexibility index (Phi) is 17.3. The van der Waals surface area contributed by atoms with Crippen LogP contribution in [0.15, 0.2) is 0 Å². The number of unbranched alkanes of at least 4 members (excludes halogenated alkanes) is 2. The van der Waals surface area contributed by atoms with E-state index in [4.69, 9.17) is 18.0 Å². The van der Waals surface area contributed by atoms with E-state index in [0.29, 0.717) is 6.10 Å². The molecule has 0 saturated heterocycles. The van der Waals surface area contributed by atoms with Gasteiger partial charge in [0.1, 0.15) is 0 Å². The van der Waals surface area contributed by atoms with Crippen LogP contribution in [0.3, 0.4) is 0 Å². The van der Waals surface area contributed by atoms with Crippen molar-refractivity contribution >= 4 is 9.53 Å². The summed E-state index contributed by atoms with van der Waals surface area (Å²) in [5.41, 5.74) is 0. The highest BCUT2D eigenvalue weighted by Gasteiger charge is 2.09. The average molecular weight is 251 g/mol. The first-order chi connectivity index (χ1) is 7.62. The average Bonchev–Trinajstić information content (AvgIpc) is 2.28. The van der Waals surface area contributed by atoms with Crippen molar-refractivity contribution in [2.24, 2.45) is 0 Å². The van der Waals surface area contributed by atoms with Crippen molar-refractivity contribution < 1.29 is 18.0 Å². The molecule has 0 aromatic rings. The molecule has 0 aromatic carbocycles. The molecule has 0 rings (SSSR count). The molecule has 0 bridgehead atoms. The fourth-order valence-electron chi connectivity index (χ4n) is 0.921. The smallest absolute Gasteiger partial charge is 0.379 e. The molecular formula is C11H27O4Si. The van der Waals surface area contributed by atoms with Gasteiger partial charge >= 0.3 is 9.53 Å². The van der Waals surface area contributed by atoms with Gasteiger partial charge in [0.15, 0.2) is 0 Å². The summed E-state index contributed by atoms with van der Waals surface area (Å²) in [5, 5.41) is 0. The zero-order valence-electron chi connectivity index (χ0n) is 11.5. The first-order valence-corrected chi connectivity index (χ1v) is 6.95. The van der Waals surface area contributed by atoms with Crippen molar-refractivity contribution in [3.05, 3.63) is 0 Å². The molecule has 1 radical (unpaired) electrons. The Hall–Kier alpha value is 0.0569. The minimum atomic E-state index is -1.36. The molecule has 0 aromatic heterocycles. The van der Waals surface area contributed by atoms with Gasteiger partial charge in [0.25, 0.3) is 0 Å². The number of hydrogen-bond donors (Lipinski definition) is 0. The lowest BCUT2D eigenvalue weighted by atomic mass is 10.3. The van der Waals surface area contributed by atoms with E-state index in [-0.39, 0.29) is 0 Å². The van der Waals surface area contributed by atoms with Crippen molar-refractivity contribution in [1.29, 1.82) is 0 Å². The molecule has 0 amide bonds. The third kappa shape index (κ3) is 16.5. The van der Waals surface area contributed by atoms with E-state index in [2.05, 4.69) is 20.8 Å². The normalized spacial score (nSPS) is 10.5. The van der Waals surface area contributed by atoms with Crippen LogP contribution < -0.4 is 0 Å². The molecule has 0 heterocycles. The van der Waals surface area contributed by atoms with Gasteiger partial charge in [-0.15, -0.1) is 0 Å². The summed E-state index contributed by atoms with van der Waals surface area (Å²) in [7, 11) is 3.31. The third-order valence-electron chi connectivity index (χ3n) is 1.70. The summed E-state index contributed by atoms with van der Waals surface area (Å²) < 4.78 is 19.5. The lowest BCUT2D eigenvalue weighted by molar-refractivity contribution is 0.0759. The zero-order valence-corrected chi connectivity index (χ0v) is 12.5. The molecule has 0 atom stereocenters. The van der Waals surface area contributed by atoms with Crippen LogP contribution in [0.5, 0.6) is 0 Å². The molecule has 0 spiro atoms. The van der Waals surface area contributed by atoms with Gasteiger partial charge in [0, 0.05) is 27.9 Å². The Labute approximate surface area is 102 Å². The largest absolute Gasteiger partial charge is 0.576 e. The predicted octanol–water partition coefficient (Wildman–Crippen LogP) is 2.51. The topological polar surface area (TPSA) is 36.9 Å². The second-order valence-corrected chi connectivity index (χ2v) is 5.21. The Bertz CT molecular complexity index is 113. The van der Waals surface area contributed by atoms with E-state index in [1.54, 1.807) is 21.3 Å². The number of hydrogen-bond acceptors (Lipinski definition) is 4. The molecule has 0 unspecified atom stereocenters. The van der Waals surface area contributed by atoms with Crippen LogP contribution in [0.2, 0.25) is 0 Å². The third-order valence-corrected chi connectivity index (χ3v) is 2.70. The van der Waals surface area contributed by atoms with Crippen LogP contribution in [-0.2, 0) is 18.0 Å². The van der Waals surface area contributed by atoms with Crippen molar-refractivity contribution in [3.63, 3.8) is 0 Å². The monoisotopic (exact) mass is 251 g/mol. The van der Waals surface area contributed by atoms with E-state index in [9.17, 15) is 0 Å². The van der Waals surface area contributed by atoms with Gasteiger partial charge in [0.2, 0.25) is 0 Å². The molecule has 0 aliphatic carbocycles. The maximum atomic E-state index is 5.34. The predicted molar refractivity (Wildman–Crippen MR) is 67.4 cm³/mol. The van der Waals surface area contributed by atoms with E-state index in [1.807, 2.05) is 0 Å². The second-order valence-electron chi connectivity index (χ2n) is 3.49. The highest BCUT2D eigenvalue weighted by Crippen LogP contribution is 1.96. The maximum absolute atomic E-state index is 5.34. The Balaban J connectivity index is 0. The lowest BCUT2D eigenvalue weighted by Gasteiger charge is -2.05. The minimum absolute atomic E-state index is 0.404. The van der Waals surface area contributed by atoms with Gasteiger partial charge in [-0.05, 0) is 20.3 Å². The second kappa shape index (κ2) is 15.1. The molecule has 0 saturated carbocycles. The fourth-order valence-corrected chi connectivity index (χ4v) is 1.42. The van der Waals surface area contributed by atoms with Gasteiger partial charge < -0.3 is 18.0 Å². The van der Waals surface area contributed by atoms with Gasteiger partial charge in [0.05, 0.1) is 6.10 Å². The van der Waals surface area contributed by atoms with E-state index in [0.717, 1.165) is 6.61 Å². The van der Waals surface area contributed by atoms with Crippen LogP contribution >= 0.6 is 0 Å². The van der Waals surface area contributed by atoms with Gasteiger partial charge in [-0.3, -0.25) is 0 Å². The summed E-state index contributed by atoms with van der Waals surface area (Å²) in [6, 6.07) is 0. The first-order valence-electron chi connectivity index (χ1n) is 5.72. The van der Waals surface area contributed by atoms with Crippen molar-refractivity contribution in [3.8, 4) is 0 Å². The van der Waals surface area contributed by atoms with Crippen molar-refractivity contribution in [2.75, 3.05) is 27.9 Å². The molecule has 0 aliphatic heterocycles. The van der Waals surface area contributed by atoms with Crippen LogP contribution in [-0.4, -0.2) is 43.6 Å². The Morgan fingerprint density at radius 3 is 1.69 bits per heavy atom. The molecule has 16 heavy (non-hydrogen) atoms. The molecular weight excluding hydrogens is 224 g/mol. The molecule has 99 valence electrons. The fraction of sp³-hybridized carbons (Fsp3) is 1.00. The van der Waals surface area contributed by atoms with Crippen LogP contribution in [0.4, 0.5) is 0 Å². The minimum Gasteiger partial charge on any atom is -0.379 e. The van der Waals surface area contributed by atoms with Crippen LogP contribution in [0.25, 0.3) is 0 Å². The summed E-state index contributed by atoms with van der Waals surface area (Å²) >= 11 is 0. The van der Waals surface area contributed by atoms with E-state index in [1.165, 1.54) is 19.3 Å². The molecule has 4 nitrogen and oxygen atoms in total. The number of ether oxygens (including phenoxy) is 1. The number of rotatable bonds is 8. The molecule has 5 heteroatoms. The van der Waals surface area contributed by atoms with Gasteiger partial charge in [-0.25, -0.2) is 0 Å². The van der Waals surface area contributed by atoms with Gasteiger partial charge in [-0.1, -0.05) is 19.8 Å². The highest BCUT2D eigenvalue weighted by atomic mass is 28.3. The van der Waals surface area contributed by atoms with Gasteiger partial charge in [-0.2, -0.15) is 0 Å². The van der Waals surface area contributed by atoms with Crippen molar-refractivity contribution in [1.82, 2.24) is 0 Å². The molecule has 0 N–H and O–H groups in total. The Morgan fingerprint density at radius 1 is 0.938 bits per heavy atom. The molecule has 0 aliphatic rings. The first kappa shape index (κ1) is 18.4. The Morgan fingerprint density at radius 2 is 1.44 bits per heavy atom. The van der Waals surface area contributed by atoms with E-state index >= 15 is 0 Å². The summed E-state index contributed by atoms with van der Waals surface area (Å²) in [4.78, 5) is 0. The summed E-state index contributed by atoms with van der Waals surface area (Å²) in [6.45, 7) is 7.29. The lowest BCUT2D eigenvalue weighted by Crippen LogP contribution is -2.21. The van der Waals surface area contributed by atoms with E-state index < -0.39 is 9.53 Å². The standard InChI is InChI=1S/C8H18O.C3H9O3Si/c1-4-5-6-7-9-8(2)3;1-4-7(5-2)6-3/h8H,4-7H2,1-3H3;1-3H3. The quantitative estimate of drug-likeness (QED) is 0.491. The zero-order chi connectivity index (χ0) is 12.8. The maximum Gasteiger partial charge on any atom is 0.576 e. The molecule has 0 fully saturated rings. The highest BCUT2D eigenvalue weighted by molar-refractivity contribution is 6.36. The van der Waals surface area contributed by atoms with Crippen LogP contribution in [0, 0.1) is 0 Å². The summed E-state index contributed by atoms with van der Waals surface area (Å²) in [6.07, 6.45) is 4.20. The SMILES string of the molecule is CCCCCOC(C)C.CO[Si](OC)OC. The van der Waals surface area contributed by atoms with Crippen LogP contribution in [0.1, 0.15) is 40.0 Å². The summed E-state index contributed by atoms with van der Waals surface area (Å²) in [5.74, 6) is 0. The van der Waals surface area contributed by atoms with Crippen molar-refractivity contribution in [2.45, 2.75) is 46.1 Å².